The fourth-order valence-corrected chi connectivity index (χ4v) is 3.63. The van der Waals surface area contributed by atoms with Crippen molar-refractivity contribution in [1.29, 1.82) is 5.26 Å². The Bertz CT molecular complexity index is 931. The zero-order valence-corrected chi connectivity index (χ0v) is 16.2. The molecule has 2 nitrogen and oxygen atoms in total. The molecule has 1 aliphatic carbocycles. The van der Waals surface area contributed by atoms with Gasteiger partial charge in [0.2, 0.25) is 0 Å². The lowest BCUT2D eigenvalue weighted by Crippen LogP contribution is -2.34. The van der Waals surface area contributed by atoms with Gasteiger partial charge >= 0.3 is 0 Å². The van der Waals surface area contributed by atoms with E-state index < -0.39 is 0 Å². The van der Waals surface area contributed by atoms with Crippen molar-refractivity contribution in [3.05, 3.63) is 64.2 Å². The summed E-state index contributed by atoms with van der Waals surface area (Å²) >= 11 is 0. The van der Waals surface area contributed by atoms with Gasteiger partial charge in [0.1, 0.15) is 5.75 Å². The Morgan fingerprint density at radius 3 is 1.92 bits per heavy atom. The van der Waals surface area contributed by atoms with Crippen molar-refractivity contribution in [3.63, 3.8) is 0 Å². The van der Waals surface area contributed by atoms with Crippen molar-refractivity contribution in [2.75, 3.05) is 7.11 Å². The van der Waals surface area contributed by atoms with E-state index in [4.69, 9.17) is 10.00 Å². The second-order valence-corrected chi connectivity index (χ2v) is 8.30. The highest BCUT2D eigenvalue weighted by Crippen LogP contribution is 2.47. The molecule has 0 unspecified atom stereocenters. The molecule has 0 bridgehead atoms. The van der Waals surface area contributed by atoms with Gasteiger partial charge in [-0.2, -0.15) is 5.26 Å². The van der Waals surface area contributed by atoms with Crippen molar-refractivity contribution in [2.24, 2.45) is 0 Å². The minimum atomic E-state index is 0.141. The third-order valence-electron chi connectivity index (χ3n) is 5.53. The average molecular weight is 343 g/mol. The van der Waals surface area contributed by atoms with Crippen LogP contribution in [0.5, 0.6) is 5.75 Å². The number of ether oxygens (including phenoxy) is 1. The Balaban J connectivity index is 2.09. The Morgan fingerprint density at radius 2 is 1.38 bits per heavy atom. The smallest absolute Gasteiger partial charge is 0.134 e. The van der Waals surface area contributed by atoms with Crippen molar-refractivity contribution in [3.8, 4) is 23.7 Å². The van der Waals surface area contributed by atoms with Crippen molar-refractivity contribution in [2.45, 2.75) is 51.4 Å². The number of rotatable bonds is 1. The van der Waals surface area contributed by atoms with Crippen LogP contribution in [0.1, 0.15) is 68.4 Å². The summed E-state index contributed by atoms with van der Waals surface area (Å²) in [7, 11) is 1.70. The maximum atomic E-state index is 8.91. The van der Waals surface area contributed by atoms with Gasteiger partial charge in [0.25, 0.3) is 0 Å². The predicted octanol–water partition coefficient (Wildman–Crippen LogP) is 5.32. The number of nitriles is 1. The van der Waals surface area contributed by atoms with Gasteiger partial charge in [-0.1, -0.05) is 39.5 Å². The van der Waals surface area contributed by atoms with Crippen LogP contribution in [0.25, 0.3) is 0 Å². The van der Waals surface area contributed by atoms with Crippen molar-refractivity contribution in [1.82, 2.24) is 0 Å². The summed E-state index contributed by atoms with van der Waals surface area (Å²) < 4.78 is 5.65. The van der Waals surface area contributed by atoms with Crippen LogP contribution in [-0.2, 0) is 10.8 Å². The highest BCUT2D eigenvalue weighted by atomic mass is 16.5. The van der Waals surface area contributed by atoms with E-state index in [1.54, 1.807) is 19.2 Å². The summed E-state index contributed by atoms with van der Waals surface area (Å²) in [4.78, 5) is 0. The number of hydrogen-bond acceptors (Lipinski definition) is 2. The van der Waals surface area contributed by atoms with Crippen LogP contribution >= 0.6 is 0 Å². The minimum absolute atomic E-state index is 0.141. The Kier molecular flexibility index (Phi) is 4.55. The van der Waals surface area contributed by atoms with E-state index >= 15 is 0 Å². The van der Waals surface area contributed by atoms with Crippen LogP contribution in [0.3, 0.4) is 0 Å². The molecule has 0 spiro atoms. The van der Waals surface area contributed by atoms with E-state index in [0.29, 0.717) is 5.56 Å². The highest BCUT2D eigenvalue weighted by Gasteiger charge is 2.37. The summed E-state index contributed by atoms with van der Waals surface area (Å²) in [5, 5.41) is 8.91. The molecule has 2 aromatic rings. The fraction of sp³-hybridized carbons (Fsp3) is 0.375. The number of methoxy groups -OCH3 is 1. The zero-order chi connectivity index (χ0) is 18.9. The molecule has 0 saturated carbocycles. The maximum absolute atomic E-state index is 8.91. The number of hydrogen-bond donors (Lipinski definition) is 0. The van der Waals surface area contributed by atoms with Gasteiger partial charge in [-0.05, 0) is 71.2 Å². The maximum Gasteiger partial charge on any atom is 0.134 e. The van der Waals surface area contributed by atoms with Gasteiger partial charge in [0.15, 0.2) is 0 Å². The molecular weight excluding hydrogens is 318 g/mol. The largest absolute Gasteiger partial charge is 0.495 e. The van der Waals surface area contributed by atoms with Gasteiger partial charge < -0.3 is 4.74 Å². The first kappa shape index (κ1) is 18.1. The summed E-state index contributed by atoms with van der Waals surface area (Å²) in [6, 6.07) is 13.9. The third-order valence-corrected chi connectivity index (χ3v) is 5.53. The lowest BCUT2D eigenvalue weighted by atomic mass is 9.63. The quantitative estimate of drug-likeness (QED) is 0.657. The lowest BCUT2D eigenvalue weighted by molar-refractivity contribution is 0.328. The Morgan fingerprint density at radius 1 is 0.846 bits per heavy atom. The molecule has 0 heterocycles. The highest BCUT2D eigenvalue weighted by molar-refractivity contribution is 5.57. The van der Waals surface area contributed by atoms with Crippen LogP contribution < -0.4 is 4.74 Å². The van der Waals surface area contributed by atoms with E-state index in [9.17, 15) is 0 Å². The van der Waals surface area contributed by atoms with Crippen LogP contribution in [0.4, 0.5) is 0 Å². The molecule has 0 atom stereocenters. The van der Waals surface area contributed by atoms with Crippen LogP contribution in [-0.4, -0.2) is 7.11 Å². The SMILES string of the molecule is COc1cc2c(cc1C#Cc1ccc(C#N)cc1)C(C)(C)CCC2(C)C. The summed E-state index contributed by atoms with van der Waals surface area (Å²) in [5.41, 5.74) is 5.49. The van der Waals surface area contributed by atoms with E-state index in [1.165, 1.54) is 24.0 Å². The van der Waals surface area contributed by atoms with Crippen LogP contribution in [0, 0.1) is 23.2 Å². The predicted molar refractivity (Wildman–Crippen MR) is 105 cm³/mol. The number of nitrogens with zero attached hydrogens (tertiary/aromatic N) is 1. The van der Waals surface area contributed by atoms with Crippen molar-refractivity contribution < 1.29 is 4.74 Å². The van der Waals surface area contributed by atoms with Gasteiger partial charge in [-0.25, -0.2) is 0 Å². The number of benzene rings is 2. The van der Waals surface area contributed by atoms with E-state index in [2.05, 4.69) is 57.7 Å². The molecule has 0 aromatic heterocycles. The minimum Gasteiger partial charge on any atom is -0.495 e. The first-order valence-corrected chi connectivity index (χ1v) is 9.02. The first-order chi connectivity index (χ1) is 12.3. The summed E-state index contributed by atoms with van der Waals surface area (Å²) in [6.45, 7) is 9.24. The molecule has 0 amide bonds. The lowest BCUT2D eigenvalue weighted by Gasteiger charge is -2.42. The average Bonchev–Trinajstić information content (AvgIpc) is 2.63. The fourth-order valence-electron chi connectivity index (χ4n) is 3.63. The molecule has 26 heavy (non-hydrogen) atoms. The Labute approximate surface area is 156 Å². The van der Waals surface area contributed by atoms with Gasteiger partial charge in [-0.3, -0.25) is 0 Å². The van der Waals surface area contributed by atoms with Gasteiger partial charge in [-0.15, -0.1) is 0 Å². The van der Waals surface area contributed by atoms with Crippen LogP contribution in [0.2, 0.25) is 0 Å². The molecule has 0 fully saturated rings. The zero-order valence-electron chi connectivity index (χ0n) is 16.2. The van der Waals surface area contributed by atoms with Gasteiger partial charge in [0, 0.05) is 5.56 Å². The molecular formula is C24H25NO. The normalized spacial score (nSPS) is 16.6. The van der Waals surface area contributed by atoms with E-state index in [1.807, 2.05) is 12.1 Å². The molecule has 0 N–H and O–H groups in total. The summed E-state index contributed by atoms with van der Waals surface area (Å²) in [5.74, 6) is 7.31. The second-order valence-electron chi connectivity index (χ2n) is 8.30. The van der Waals surface area contributed by atoms with E-state index in [-0.39, 0.29) is 10.8 Å². The number of fused-ring (bicyclic) bond motifs is 1. The first-order valence-electron chi connectivity index (χ1n) is 9.02. The molecule has 0 saturated heterocycles. The topological polar surface area (TPSA) is 33.0 Å². The standard InChI is InChI=1S/C24H25NO/c1-23(2)12-13-24(3,4)21-15-22(26-5)19(14-20(21)23)11-10-17-6-8-18(16-25)9-7-17/h6-9,14-15H,12-13H2,1-5H3. The molecule has 3 rings (SSSR count). The molecule has 1 aliphatic rings. The van der Waals surface area contributed by atoms with Crippen LogP contribution in [0.15, 0.2) is 36.4 Å². The second kappa shape index (κ2) is 6.54. The van der Waals surface area contributed by atoms with Gasteiger partial charge in [0.05, 0.1) is 24.3 Å². The molecule has 0 radical (unpaired) electrons. The monoisotopic (exact) mass is 343 g/mol. The Hall–Kier alpha value is -2.71. The third kappa shape index (κ3) is 3.33. The van der Waals surface area contributed by atoms with Crippen molar-refractivity contribution >= 4 is 0 Å². The molecule has 132 valence electrons. The molecule has 2 aromatic carbocycles. The summed E-state index contributed by atoms with van der Waals surface area (Å²) in [6.07, 6.45) is 2.34. The molecule has 0 aliphatic heterocycles. The molecule has 2 heteroatoms. The van der Waals surface area contributed by atoms with E-state index in [0.717, 1.165) is 16.9 Å².